The van der Waals surface area contributed by atoms with Gasteiger partial charge in [0.1, 0.15) is 11.5 Å². The van der Waals surface area contributed by atoms with Crippen LogP contribution in [-0.4, -0.2) is 29.7 Å². The summed E-state index contributed by atoms with van der Waals surface area (Å²) in [4.78, 5) is 13.7. The molecule has 6 heterocycles. The second-order valence-corrected chi connectivity index (χ2v) is 14.5. The van der Waals surface area contributed by atoms with Crippen LogP contribution in [0.4, 0.5) is 17.2 Å². The van der Waals surface area contributed by atoms with E-state index in [9.17, 15) is 0 Å². The Morgan fingerprint density at radius 3 is 2.00 bits per heavy atom. The summed E-state index contributed by atoms with van der Waals surface area (Å²) in [5.41, 5.74) is 10.5. The third kappa shape index (κ3) is 6.45. The molecule has 9 aromatic rings. The topological polar surface area (TPSA) is 50.9 Å². The van der Waals surface area contributed by atoms with Crippen molar-refractivity contribution in [3.63, 3.8) is 0 Å². The third-order valence-corrected chi connectivity index (χ3v) is 10.8. The number of rotatable bonds is 6. The average molecular weight is 1030 g/mol. The summed E-state index contributed by atoms with van der Waals surface area (Å²) in [6.45, 7) is 17.2. The van der Waals surface area contributed by atoms with Crippen molar-refractivity contribution in [2.75, 3.05) is 9.80 Å². The van der Waals surface area contributed by atoms with Gasteiger partial charge in [-0.15, -0.1) is 23.8 Å². The van der Waals surface area contributed by atoms with Crippen LogP contribution in [0.1, 0.15) is 47.6 Å². The van der Waals surface area contributed by atoms with E-state index < -0.39 is 0 Å². The molecular weight excluding hydrogens is 984 g/mol. The first-order chi connectivity index (χ1) is 26.4. The number of hydrogen-bond acceptors (Lipinski definition) is 4. The molecule has 287 valence electrons. The van der Waals surface area contributed by atoms with Gasteiger partial charge in [0, 0.05) is 78.6 Å². The fourth-order valence-electron chi connectivity index (χ4n) is 8.21. The number of fused-ring (bicyclic) bond motifs is 8. The fraction of sp³-hybridized carbons (Fsp3) is 0.217. The first-order valence-electron chi connectivity index (χ1n) is 19.1. The molecule has 0 spiro atoms. The van der Waals surface area contributed by atoms with Crippen LogP contribution in [-0.2, 0) is 33.2 Å². The quantitative estimate of drug-likeness (QED) is 0.0984. The van der Waals surface area contributed by atoms with E-state index in [0.717, 1.165) is 47.1 Å². The molecule has 0 saturated heterocycles. The Bertz CT molecular complexity index is 2830. The summed E-state index contributed by atoms with van der Waals surface area (Å²) in [5.74, 6) is 0.959. The van der Waals surface area contributed by atoms with E-state index in [1.807, 2.05) is 24.5 Å². The molecule has 1 aliphatic heterocycles. The Kier molecular flexibility index (Phi) is 11.3. The first kappa shape index (κ1) is 39.5. The van der Waals surface area contributed by atoms with Crippen LogP contribution in [0.3, 0.4) is 0 Å². The van der Waals surface area contributed by atoms with E-state index in [0.29, 0.717) is 12.1 Å². The number of pyridine rings is 2. The molecule has 0 bridgehead atoms. The molecule has 0 amide bonds. The molecule has 10 heteroatoms. The van der Waals surface area contributed by atoms with Gasteiger partial charge < -0.3 is 42.9 Å². The van der Waals surface area contributed by atoms with Crippen molar-refractivity contribution < 1.29 is 48.6 Å². The van der Waals surface area contributed by atoms with Gasteiger partial charge in [-0.25, -0.2) is 14.5 Å². The van der Waals surface area contributed by atoms with Crippen molar-refractivity contribution in [1.82, 2.24) is 23.7 Å². The Hall–Kier alpha value is -4.77. The SMILES string of the molecule is CCn1c2c[c-]c(N3[CH-]N(C(C)C)c4cccnc43)cc2c2ccccc21.CCn1c2ccccc2c2cc(-n3c[n+](C(C)C)c4cccnc43)ccc21.[I-].[Ir]. The summed E-state index contributed by atoms with van der Waals surface area (Å²) < 4.78 is 9.22. The number of para-hydroxylation sites is 2. The van der Waals surface area contributed by atoms with Gasteiger partial charge in [0.05, 0.1) is 6.04 Å². The number of hydrogen-bond donors (Lipinski definition) is 0. The maximum Gasteiger partial charge on any atom is 0.273 e. The summed E-state index contributed by atoms with van der Waals surface area (Å²) in [6, 6.07) is 40.8. The van der Waals surface area contributed by atoms with E-state index in [2.05, 4.69) is 190 Å². The van der Waals surface area contributed by atoms with Gasteiger partial charge in [-0.3, -0.25) is 0 Å². The number of benzene rings is 4. The fourth-order valence-corrected chi connectivity index (χ4v) is 8.21. The van der Waals surface area contributed by atoms with Crippen LogP contribution in [0.25, 0.3) is 60.5 Å². The Labute approximate surface area is 358 Å². The molecule has 10 rings (SSSR count). The standard InChI is InChI=1S/C23H23N4.C23H22N4.HI.Ir/c2*1-4-25-20-9-6-5-8-18(20)19-14-17(11-12-21(19)25)27-15-26(16(2)3)22-10-7-13-24-23(22)27;;/h5-16H,4H2,1-3H3;5-10,12-16H,4H2,1-3H3;1H;/q+1;-2;;/p-1. The van der Waals surface area contributed by atoms with Crippen molar-refractivity contribution in [3.8, 4) is 5.69 Å². The molecular formula is C46H45IIrN8-2. The van der Waals surface area contributed by atoms with Crippen LogP contribution in [0.5, 0.6) is 0 Å². The minimum Gasteiger partial charge on any atom is -1.00 e. The van der Waals surface area contributed by atoms with Gasteiger partial charge in [-0.05, 0) is 108 Å². The smallest absolute Gasteiger partial charge is 0.273 e. The minimum absolute atomic E-state index is 0. The van der Waals surface area contributed by atoms with Crippen molar-refractivity contribution >= 4 is 72.0 Å². The summed E-state index contributed by atoms with van der Waals surface area (Å²) in [6.07, 6.45) is 5.89. The Morgan fingerprint density at radius 1 is 0.696 bits per heavy atom. The zero-order valence-electron chi connectivity index (χ0n) is 32.5. The molecule has 4 aromatic carbocycles. The van der Waals surface area contributed by atoms with Gasteiger partial charge in [-0.1, -0.05) is 41.9 Å². The maximum atomic E-state index is 4.66. The predicted octanol–water partition coefficient (Wildman–Crippen LogP) is 7.52. The molecule has 0 atom stereocenters. The maximum absolute atomic E-state index is 4.66. The first-order valence-corrected chi connectivity index (χ1v) is 19.1. The van der Waals surface area contributed by atoms with Crippen LogP contribution >= 0.6 is 0 Å². The molecule has 56 heavy (non-hydrogen) atoms. The molecule has 8 nitrogen and oxygen atoms in total. The zero-order chi connectivity index (χ0) is 37.1. The molecule has 0 fully saturated rings. The van der Waals surface area contributed by atoms with Crippen LogP contribution in [0.15, 0.2) is 122 Å². The van der Waals surface area contributed by atoms with Crippen molar-refractivity contribution in [3.05, 3.63) is 135 Å². The third-order valence-electron chi connectivity index (χ3n) is 10.8. The molecule has 5 aromatic heterocycles. The molecule has 0 aliphatic carbocycles. The predicted molar refractivity (Wildman–Crippen MR) is 223 cm³/mol. The van der Waals surface area contributed by atoms with Crippen LogP contribution in [0.2, 0.25) is 0 Å². The number of aryl methyl sites for hydroxylation is 2. The van der Waals surface area contributed by atoms with Gasteiger partial charge in [-0.2, -0.15) is 16.7 Å². The molecule has 0 N–H and O–H groups in total. The largest absolute Gasteiger partial charge is 1.00 e. The second kappa shape index (κ2) is 16.0. The monoisotopic (exact) mass is 1030 g/mol. The number of aromatic nitrogens is 6. The van der Waals surface area contributed by atoms with Gasteiger partial charge in [0.25, 0.3) is 12.0 Å². The molecule has 1 radical (unpaired) electrons. The van der Waals surface area contributed by atoms with E-state index in [1.54, 1.807) is 0 Å². The summed E-state index contributed by atoms with van der Waals surface area (Å²) >= 11 is 0. The van der Waals surface area contributed by atoms with E-state index >= 15 is 0 Å². The Balaban J connectivity index is 0.000000166. The van der Waals surface area contributed by atoms with Crippen molar-refractivity contribution in [1.29, 1.82) is 0 Å². The number of halogens is 1. The van der Waals surface area contributed by atoms with Gasteiger partial charge in [0.15, 0.2) is 5.52 Å². The second-order valence-electron chi connectivity index (χ2n) is 14.5. The number of nitrogens with zero attached hydrogens (tertiary/aromatic N) is 8. The minimum atomic E-state index is 0. The number of anilines is 3. The normalized spacial score (nSPS) is 12.5. The van der Waals surface area contributed by atoms with Crippen LogP contribution < -0.4 is 38.3 Å². The van der Waals surface area contributed by atoms with E-state index in [4.69, 9.17) is 0 Å². The van der Waals surface area contributed by atoms with E-state index in [1.165, 1.54) is 43.6 Å². The molecule has 1 aliphatic rings. The Morgan fingerprint density at radius 2 is 1.32 bits per heavy atom. The summed E-state index contributed by atoms with van der Waals surface area (Å²) in [7, 11) is 0. The molecule has 0 unspecified atom stereocenters. The van der Waals surface area contributed by atoms with E-state index in [-0.39, 0.29) is 44.1 Å². The van der Waals surface area contributed by atoms with Crippen molar-refractivity contribution in [2.45, 2.75) is 66.7 Å². The van der Waals surface area contributed by atoms with Crippen LogP contribution in [0, 0.1) is 12.7 Å². The number of imidazole rings is 1. The van der Waals surface area contributed by atoms with Crippen molar-refractivity contribution in [2.24, 2.45) is 0 Å². The molecule has 0 saturated carbocycles. The average Bonchev–Trinajstić information content (AvgIpc) is 3.96. The summed E-state index contributed by atoms with van der Waals surface area (Å²) in [5, 5.41) is 5.14. The van der Waals surface area contributed by atoms with Gasteiger partial charge in [0.2, 0.25) is 0 Å². The zero-order valence-corrected chi connectivity index (χ0v) is 37.0. The van der Waals surface area contributed by atoms with Gasteiger partial charge >= 0.3 is 0 Å².